The number of nitrogens with one attached hydrogen (secondary N) is 1. The first-order valence-electron chi connectivity index (χ1n) is 8.29. The second kappa shape index (κ2) is 8.73. The molecule has 0 spiro atoms. The van der Waals surface area contributed by atoms with Gasteiger partial charge in [0.15, 0.2) is 5.82 Å². The number of rotatable bonds is 7. The highest BCUT2D eigenvalue weighted by Crippen LogP contribution is 2.26. The van der Waals surface area contributed by atoms with Crippen LogP contribution >= 0.6 is 0 Å². The molecule has 0 atom stereocenters. The Morgan fingerprint density at radius 3 is 2.38 bits per heavy atom. The molecule has 0 saturated carbocycles. The van der Waals surface area contributed by atoms with E-state index < -0.39 is 5.97 Å². The summed E-state index contributed by atoms with van der Waals surface area (Å²) in [6.45, 7) is 2.34. The first-order chi connectivity index (χ1) is 12.8. The predicted octanol–water partition coefficient (Wildman–Crippen LogP) is 3.86. The normalized spacial score (nSPS) is 10.3. The zero-order chi connectivity index (χ0) is 18.2. The molecule has 1 N–H and O–H groups in total. The van der Waals surface area contributed by atoms with Gasteiger partial charge in [-0.05, 0) is 12.5 Å². The van der Waals surface area contributed by atoms with E-state index in [-0.39, 0.29) is 18.0 Å². The lowest BCUT2D eigenvalue weighted by Crippen LogP contribution is -2.14. The van der Waals surface area contributed by atoms with Crippen molar-refractivity contribution in [3.8, 4) is 11.3 Å². The van der Waals surface area contributed by atoms with Gasteiger partial charge in [-0.3, -0.25) is 4.84 Å². The molecule has 0 unspecified atom stereocenters. The average molecular weight is 349 g/mol. The highest BCUT2D eigenvalue weighted by Gasteiger charge is 2.21. The van der Waals surface area contributed by atoms with Gasteiger partial charge in [-0.1, -0.05) is 60.7 Å². The van der Waals surface area contributed by atoms with Crippen molar-refractivity contribution in [1.82, 2.24) is 9.97 Å². The molecule has 26 heavy (non-hydrogen) atoms. The number of hydrogen-bond acceptors (Lipinski definition) is 6. The van der Waals surface area contributed by atoms with Crippen LogP contribution in [0.5, 0.6) is 0 Å². The number of anilines is 1. The Balaban J connectivity index is 1.87. The maximum atomic E-state index is 12.5. The third-order valence-electron chi connectivity index (χ3n) is 3.62. The molecule has 0 fully saturated rings. The van der Waals surface area contributed by atoms with Crippen LogP contribution < -0.4 is 5.48 Å². The Hall–Kier alpha value is -3.25. The maximum Gasteiger partial charge on any atom is 0.344 e. The lowest BCUT2D eigenvalue weighted by Gasteiger charge is -2.13. The lowest BCUT2D eigenvalue weighted by atomic mass is 10.1. The zero-order valence-corrected chi connectivity index (χ0v) is 14.4. The predicted molar refractivity (Wildman–Crippen MR) is 98.3 cm³/mol. The second-order valence-electron chi connectivity index (χ2n) is 5.41. The van der Waals surface area contributed by atoms with Gasteiger partial charge in [0.2, 0.25) is 0 Å². The first-order valence-corrected chi connectivity index (χ1v) is 8.29. The molecule has 3 aromatic rings. The third-order valence-corrected chi connectivity index (χ3v) is 3.62. The van der Waals surface area contributed by atoms with Crippen molar-refractivity contribution in [2.75, 3.05) is 12.1 Å². The van der Waals surface area contributed by atoms with E-state index in [4.69, 9.17) is 9.57 Å². The number of carbonyl (C=O) groups is 1. The van der Waals surface area contributed by atoms with Crippen LogP contribution in [0.1, 0.15) is 22.8 Å². The van der Waals surface area contributed by atoms with Gasteiger partial charge in [0.05, 0.1) is 18.9 Å². The van der Waals surface area contributed by atoms with Gasteiger partial charge in [-0.15, -0.1) is 0 Å². The smallest absolute Gasteiger partial charge is 0.344 e. The summed E-state index contributed by atoms with van der Waals surface area (Å²) < 4.78 is 5.18. The molecule has 3 rings (SSSR count). The summed E-state index contributed by atoms with van der Waals surface area (Å²) in [5.74, 6) is -0.231. The molecule has 6 nitrogen and oxygen atoms in total. The molecular weight excluding hydrogens is 330 g/mol. The van der Waals surface area contributed by atoms with E-state index in [1.54, 1.807) is 6.92 Å². The van der Waals surface area contributed by atoms with Crippen molar-refractivity contribution in [3.05, 3.63) is 78.1 Å². The van der Waals surface area contributed by atoms with Crippen molar-refractivity contribution in [1.29, 1.82) is 0 Å². The standard InChI is InChI=1S/C20H19N3O3/c1-2-25-20(24)17-18(16-11-7-4-8-12-16)21-14-22-19(17)23-26-13-15-9-5-3-6-10-15/h3-12,14H,2,13H2,1H3,(H,21,22,23). The number of hydrogen-bond donors (Lipinski definition) is 1. The minimum Gasteiger partial charge on any atom is -0.462 e. The summed E-state index contributed by atoms with van der Waals surface area (Å²) in [7, 11) is 0. The van der Waals surface area contributed by atoms with Crippen molar-refractivity contribution in [2.45, 2.75) is 13.5 Å². The summed E-state index contributed by atoms with van der Waals surface area (Å²) in [4.78, 5) is 26.4. The van der Waals surface area contributed by atoms with Gasteiger partial charge in [-0.25, -0.2) is 20.2 Å². The van der Waals surface area contributed by atoms with Gasteiger partial charge < -0.3 is 4.74 Å². The van der Waals surface area contributed by atoms with E-state index in [9.17, 15) is 4.79 Å². The van der Waals surface area contributed by atoms with E-state index in [1.165, 1.54) is 6.33 Å². The largest absolute Gasteiger partial charge is 0.462 e. The fourth-order valence-electron chi connectivity index (χ4n) is 2.44. The molecule has 0 aliphatic carbocycles. The number of aromatic nitrogens is 2. The highest BCUT2D eigenvalue weighted by molar-refractivity contribution is 6.00. The molecule has 0 radical (unpaired) electrons. The number of nitrogens with zero attached hydrogens (tertiary/aromatic N) is 2. The second-order valence-corrected chi connectivity index (χ2v) is 5.41. The molecule has 132 valence electrons. The topological polar surface area (TPSA) is 73.3 Å². The van der Waals surface area contributed by atoms with E-state index in [0.29, 0.717) is 12.3 Å². The van der Waals surface area contributed by atoms with E-state index in [1.807, 2.05) is 60.7 Å². The van der Waals surface area contributed by atoms with Crippen LogP contribution in [0.4, 0.5) is 5.82 Å². The van der Waals surface area contributed by atoms with Crippen LogP contribution in [0.25, 0.3) is 11.3 Å². The summed E-state index contributed by atoms with van der Waals surface area (Å²) in [5, 5.41) is 0. The number of benzene rings is 2. The van der Waals surface area contributed by atoms with Gasteiger partial charge in [0, 0.05) is 5.56 Å². The van der Waals surface area contributed by atoms with Crippen molar-refractivity contribution < 1.29 is 14.4 Å². The summed E-state index contributed by atoms with van der Waals surface area (Å²) in [6, 6.07) is 19.1. The lowest BCUT2D eigenvalue weighted by molar-refractivity contribution is 0.0525. The number of esters is 1. The molecule has 0 aliphatic rings. The molecule has 2 aromatic carbocycles. The number of ether oxygens (including phenoxy) is 1. The molecule has 0 amide bonds. The Kier molecular flexibility index (Phi) is 5.90. The van der Waals surface area contributed by atoms with Crippen LogP contribution in [0.15, 0.2) is 67.0 Å². The van der Waals surface area contributed by atoms with Crippen molar-refractivity contribution in [2.24, 2.45) is 0 Å². The van der Waals surface area contributed by atoms with Crippen LogP contribution in [0, 0.1) is 0 Å². The summed E-state index contributed by atoms with van der Waals surface area (Å²) in [5.41, 5.74) is 5.28. The summed E-state index contributed by atoms with van der Waals surface area (Å²) in [6.07, 6.45) is 1.39. The Morgan fingerprint density at radius 1 is 1.00 bits per heavy atom. The summed E-state index contributed by atoms with van der Waals surface area (Å²) >= 11 is 0. The molecule has 0 aliphatic heterocycles. The maximum absolute atomic E-state index is 12.5. The van der Waals surface area contributed by atoms with Crippen LogP contribution in [0.2, 0.25) is 0 Å². The molecular formula is C20H19N3O3. The van der Waals surface area contributed by atoms with E-state index in [0.717, 1.165) is 11.1 Å². The number of carbonyl (C=O) groups excluding carboxylic acids is 1. The van der Waals surface area contributed by atoms with Crippen molar-refractivity contribution in [3.63, 3.8) is 0 Å². The van der Waals surface area contributed by atoms with Crippen LogP contribution in [0.3, 0.4) is 0 Å². The molecule has 6 heteroatoms. The van der Waals surface area contributed by atoms with Gasteiger partial charge in [0.1, 0.15) is 11.9 Å². The molecule has 0 saturated heterocycles. The van der Waals surface area contributed by atoms with E-state index in [2.05, 4.69) is 15.4 Å². The van der Waals surface area contributed by atoms with Gasteiger partial charge in [-0.2, -0.15) is 0 Å². The fraction of sp³-hybridized carbons (Fsp3) is 0.150. The minimum absolute atomic E-state index is 0.244. The van der Waals surface area contributed by atoms with Crippen LogP contribution in [-0.2, 0) is 16.2 Å². The highest BCUT2D eigenvalue weighted by atomic mass is 16.6. The van der Waals surface area contributed by atoms with Gasteiger partial charge >= 0.3 is 5.97 Å². The third kappa shape index (κ3) is 4.23. The molecule has 0 bridgehead atoms. The molecule has 1 aromatic heterocycles. The van der Waals surface area contributed by atoms with Crippen LogP contribution in [-0.4, -0.2) is 22.5 Å². The zero-order valence-electron chi connectivity index (χ0n) is 14.4. The Morgan fingerprint density at radius 2 is 1.69 bits per heavy atom. The van der Waals surface area contributed by atoms with Crippen molar-refractivity contribution >= 4 is 11.8 Å². The SMILES string of the molecule is CCOC(=O)c1c(NOCc2ccccc2)ncnc1-c1ccccc1. The fourth-order valence-corrected chi connectivity index (χ4v) is 2.44. The van der Waals surface area contributed by atoms with Gasteiger partial charge in [0.25, 0.3) is 0 Å². The first kappa shape index (κ1) is 17.6. The Labute approximate surface area is 151 Å². The molecule has 1 heterocycles. The average Bonchev–Trinajstić information content (AvgIpc) is 2.69. The van der Waals surface area contributed by atoms with E-state index >= 15 is 0 Å². The minimum atomic E-state index is -0.502. The quantitative estimate of drug-likeness (QED) is 0.516. The monoisotopic (exact) mass is 349 g/mol. The Bertz CT molecular complexity index is 855.